The molecule has 2 nitrogen and oxygen atoms in total. The molecule has 0 saturated heterocycles. The highest BCUT2D eigenvalue weighted by molar-refractivity contribution is 7.10. The maximum Gasteiger partial charge on any atom is 0.112 e. The van der Waals surface area contributed by atoms with E-state index >= 15 is 0 Å². The molecule has 1 N–H and O–H groups in total. The number of nitrogens with zero attached hydrogens (tertiary/aromatic N) is 1. The Balaban J connectivity index is 2.31. The molecule has 2 aromatic rings. The van der Waals surface area contributed by atoms with Gasteiger partial charge >= 0.3 is 0 Å². The van der Waals surface area contributed by atoms with E-state index in [-0.39, 0.29) is 0 Å². The van der Waals surface area contributed by atoms with Gasteiger partial charge in [-0.15, -0.1) is 11.3 Å². The standard InChI is InChI=1S/C21H20N2S/c1-15-8-6-7-9-16(2)23-21(17-10-4-3-5-11-17)20(15)18-12-13-24-19(18)14-22/h3-5,8-13,23H,6-7H2,1-2H3/b15-8+,16-9+,21-20+. The minimum atomic E-state index is 0.758. The van der Waals surface area contributed by atoms with E-state index in [9.17, 15) is 5.26 Å². The van der Waals surface area contributed by atoms with Gasteiger partial charge in [-0.2, -0.15) is 5.26 Å². The van der Waals surface area contributed by atoms with Crippen molar-refractivity contribution in [2.24, 2.45) is 0 Å². The van der Waals surface area contributed by atoms with Gasteiger partial charge in [0, 0.05) is 16.8 Å². The van der Waals surface area contributed by atoms with Crippen molar-refractivity contribution in [2.75, 3.05) is 0 Å². The Kier molecular flexibility index (Phi) is 4.98. The second-order valence-corrected chi connectivity index (χ2v) is 6.78. The molecule has 3 rings (SSSR count). The van der Waals surface area contributed by atoms with Crippen molar-refractivity contribution in [1.82, 2.24) is 5.32 Å². The van der Waals surface area contributed by atoms with E-state index in [4.69, 9.17) is 0 Å². The molecule has 120 valence electrons. The second-order valence-electron chi connectivity index (χ2n) is 5.87. The topological polar surface area (TPSA) is 35.8 Å². The van der Waals surface area contributed by atoms with Gasteiger partial charge in [0.25, 0.3) is 0 Å². The number of thiophene rings is 1. The van der Waals surface area contributed by atoms with Crippen LogP contribution in [0, 0.1) is 11.3 Å². The quantitative estimate of drug-likeness (QED) is 0.763. The minimum absolute atomic E-state index is 0.758. The molecule has 0 atom stereocenters. The zero-order valence-electron chi connectivity index (χ0n) is 14.0. The lowest BCUT2D eigenvalue weighted by Gasteiger charge is -2.18. The van der Waals surface area contributed by atoms with Crippen molar-refractivity contribution in [3.05, 3.63) is 81.2 Å². The van der Waals surface area contributed by atoms with E-state index in [1.54, 1.807) is 0 Å². The Hall–Kier alpha value is -2.57. The molecule has 1 aliphatic heterocycles. The Labute approximate surface area is 147 Å². The van der Waals surface area contributed by atoms with Crippen LogP contribution >= 0.6 is 11.3 Å². The molecule has 1 aliphatic rings. The fourth-order valence-corrected chi connectivity index (χ4v) is 3.66. The molecule has 24 heavy (non-hydrogen) atoms. The Bertz CT molecular complexity index is 861. The van der Waals surface area contributed by atoms with Gasteiger partial charge in [0.1, 0.15) is 10.9 Å². The third kappa shape index (κ3) is 3.34. The van der Waals surface area contributed by atoms with Gasteiger partial charge in [-0.05, 0) is 49.3 Å². The molecule has 0 amide bonds. The van der Waals surface area contributed by atoms with Crippen molar-refractivity contribution >= 4 is 22.6 Å². The van der Waals surface area contributed by atoms with Gasteiger partial charge in [0.2, 0.25) is 0 Å². The number of hydrogen-bond donors (Lipinski definition) is 1. The van der Waals surface area contributed by atoms with Crippen molar-refractivity contribution in [2.45, 2.75) is 26.7 Å². The first kappa shape index (κ1) is 16.3. The number of nitriles is 1. The van der Waals surface area contributed by atoms with Crippen LogP contribution in [0.4, 0.5) is 0 Å². The van der Waals surface area contributed by atoms with Gasteiger partial charge in [-0.1, -0.05) is 42.5 Å². The molecule has 0 unspecified atom stereocenters. The van der Waals surface area contributed by atoms with E-state index < -0.39 is 0 Å². The van der Waals surface area contributed by atoms with Crippen LogP contribution in [0.1, 0.15) is 42.7 Å². The summed E-state index contributed by atoms with van der Waals surface area (Å²) in [7, 11) is 0. The number of hydrogen-bond acceptors (Lipinski definition) is 3. The van der Waals surface area contributed by atoms with Crippen LogP contribution in [0.5, 0.6) is 0 Å². The van der Waals surface area contributed by atoms with Crippen molar-refractivity contribution < 1.29 is 0 Å². The van der Waals surface area contributed by atoms with Crippen LogP contribution in [0.25, 0.3) is 11.3 Å². The average molecular weight is 332 g/mol. The Morgan fingerprint density at radius 2 is 1.79 bits per heavy atom. The second kappa shape index (κ2) is 7.33. The SMILES string of the molecule is C/C1=C\CC/C=C(C)/C(c2ccsc2C#N)=C(/c2ccccc2)N1. The Morgan fingerprint density at radius 3 is 2.54 bits per heavy atom. The number of allylic oxidation sites excluding steroid dienone is 5. The highest BCUT2D eigenvalue weighted by atomic mass is 32.1. The van der Waals surface area contributed by atoms with E-state index in [0.717, 1.165) is 45.8 Å². The summed E-state index contributed by atoms with van der Waals surface area (Å²) < 4.78 is 0. The molecule has 0 fully saturated rings. The van der Waals surface area contributed by atoms with Crippen molar-refractivity contribution in [1.29, 1.82) is 5.26 Å². The van der Waals surface area contributed by atoms with Gasteiger partial charge in [-0.25, -0.2) is 0 Å². The first-order valence-electron chi connectivity index (χ1n) is 8.09. The third-order valence-corrected chi connectivity index (χ3v) is 4.95. The minimum Gasteiger partial charge on any atom is -0.358 e. The molecule has 3 heteroatoms. The van der Waals surface area contributed by atoms with Crippen LogP contribution in [-0.2, 0) is 0 Å². The van der Waals surface area contributed by atoms with E-state index in [1.165, 1.54) is 16.9 Å². The summed E-state index contributed by atoms with van der Waals surface area (Å²) in [6.45, 7) is 4.24. The lowest BCUT2D eigenvalue weighted by molar-refractivity contribution is 0.992. The van der Waals surface area contributed by atoms with Crippen molar-refractivity contribution in [3.8, 4) is 6.07 Å². The number of nitrogens with one attached hydrogen (secondary N) is 1. The summed E-state index contributed by atoms with van der Waals surface area (Å²) in [4.78, 5) is 0.758. The lowest BCUT2D eigenvalue weighted by atomic mass is 9.93. The zero-order chi connectivity index (χ0) is 16.9. The summed E-state index contributed by atoms with van der Waals surface area (Å²) in [6.07, 6.45) is 6.52. The van der Waals surface area contributed by atoms with Crippen LogP contribution < -0.4 is 5.32 Å². The molecule has 1 aromatic heterocycles. The van der Waals surface area contributed by atoms with Gasteiger partial charge in [0.15, 0.2) is 0 Å². The van der Waals surface area contributed by atoms with Crippen LogP contribution in [0.3, 0.4) is 0 Å². The number of rotatable bonds is 2. The summed E-state index contributed by atoms with van der Waals surface area (Å²) in [5.41, 5.74) is 6.67. The monoisotopic (exact) mass is 332 g/mol. The smallest absolute Gasteiger partial charge is 0.112 e. The predicted molar refractivity (Wildman–Crippen MR) is 102 cm³/mol. The van der Waals surface area contributed by atoms with E-state index in [2.05, 4.69) is 55.6 Å². The van der Waals surface area contributed by atoms with Gasteiger partial charge in [0.05, 0.1) is 5.70 Å². The Morgan fingerprint density at radius 1 is 1.04 bits per heavy atom. The molecule has 0 spiro atoms. The highest BCUT2D eigenvalue weighted by Gasteiger charge is 2.18. The summed E-state index contributed by atoms with van der Waals surface area (Å²) in [6, 6.07) is 14.7. The predicted octanol–water partition coefficient (Wildman–Crippen LogP) is 5.72. The fourth-order valence-electron chi connectivity index (χ4n) is 2.97. The first-order valence-corrected chi connectivity index (χ1v) is 8.97. The summed E-state index contributed by atoms with van der Waals surface area (Å²) >= 11 is 1.50. The fraction of sp³-hybridized carbons (Fsp3) is 0.190. The molecule has 0 radical (unpaired) electrons. The highest BCUT2D eigenvalue weighted by Crippen LogP contribution is 2.36. The van der Waals surface area contributed by atoms with Crippen LogP contribution in [0.15, 0.2) is 65.2 Å². The van der Waals surface area contributed by atoms with E-state index in [0.29, 0.717) is 0 Å². The number of benzene rings is 1. The molecule has 0 bridgehead atoms. The normalized spacial score (nSPS) is 22.7. The molecular weight excluding hydrogens is 312 g/mol. The van der Waals surface area contributed by atoms with Gasteiger partial charge < -0.3 is 5.32 Å². The molecule has 1 aromatic carbocycles. The molecule has 0 saturated carbocycles. The van der Waals surface area contributed by atoms with Crippen LogP contribution in [0.2, 0.25) is 0 Å². The lowest BCUT2D eigenvalue weighted by Crippen LogP contribution is -2.12. The molecular formula is C21H20N2S. The maximum absolute atomic E-state index is 9.50. The van der Waals surface area contributed by atoms with Crippen molar-refractivity contribution in [3.63, 3.8) is 0 Å². The van der Waals surface area contributed by atoms with E-state index in [1.807, 2.05) is 23.6 Å². The molecule has 0 aliphatic carbocycles. The maximum atomic E-state index is 9.50. The average Bonchev–Trinajstić information content (AvgIpc) is 3.08. The summed E-state index contributed by atoms with van der Waals surface area (Å²) in [5, 5.41) is 15.1. The largest absolute Gasteiger partial charge is 0.358 e. The molecule has 2 heterocycles. The van der Waals surface area contributed by atoms with Crippen LogP contribution in [-0.4, -0.2) is 0 Å². The first-order chi connectivity index (χ1) is 11.7. The third-order valence-electron chi connectivity index (χ3n) is 4.13. The summed E-state index contributed by atoms with van der Waals surface area (Å²) in [5.74, 6) is 0. The van der Waals surface area contributed by atoms with Gasteiger partial charge in [-0.3, -0.25) is 0 Å². The zero-order valence-corrected chi connectivity index (χ0v) is 14.8.